The van der Waals surface area contributed by atoms with Crippen molar-refractivity contribution < 1.29 is 0 Å². The van der Waals surface area contributed by atoms with Gasteiger partial charge in [-0.05, 0) is 23.6 Å². The van der Waals surface area contributed by atoms with Crippen LogP contribution in [-0.4, -0.2) is 4.98 Å². The van der Waals surface area contributed by atoms with E-state index in [4.69, 9.17) is 5.73 Å². The first-order valence-corrected chi connectivity index (χ1v) is 5.79. The third-order valence-corrected chi connectivity index (χ3v) is 2.84. The highest BCUT2D eigenvalue weighted by Crippen LogP contribution is 2.25. The van der Waals surface area contributed by atoms with Gasteiger partial charge >= 0.3 is 0 Å². The molecule has 88 valence electrons. The van der Waals surface area contributed by atoms with Crippen LogP contribution in [0, 0.1) is 0 Å². The maximum atomic E-state index is 5.62. The average molecular weight is 235 g/mol. The standard InChI is InChI=1S/C15H13N3/c16-12-8-9-15(17-10-12)18-14-7-3-5-11-4-1-2-6-13(11)14/h1-10H,16H2,(H,17,18). The molecule has 0 aliphatic carbocycles. The van der Waals surface area contributed by atoms with Crippen molar-refractivity contribution in [1.82, 2.24) is 4.98 Å². The zero-order valence-electron chi connectivity index (χ0n) is 9.80. The van der Waals surface area contributed by atoms with Crippen LogP contribution in [0.1, 0.15) is 0 Å². The molecule has 3 nitrogen and oxygen atoms in total. The van der Waals surface area contributed by atoms with Gasteiger partial charge in [-0.3, -0.25) is 0 Å². The Balaban J connectivity index is 2.02. The molecule has 0 spiro atoms. The summed E-state index contributed by atoms with van der Waals surface area (Å²) >= 11 is 0. The van der Waals surface area contributed by atoms with Crippen LogP contribution in [0.3, 0.4) is 0 Å². The second-order valence-corrected chi connectivity index (χ2v) is 4.13. The molecule has 0 aliphatic heterocycles. The fourth-order valence-electron chi connectivity index (χ4n) is 1.95. The van der Waals surface area contributed by atoms with Gasteiger partial charge in [0.1, 0.15) is 5.82 Å². The monoisotopic (exact) mass is 235 g/mol. The van der Waals surface area contributed by atoms with Gasteiger partial charge in [0.05, 0.1) is 11.9 Å². The first-order chi connectivity index (χ1) is 8.83. The van der Waals surface area contributed by atoms with E-state index in [1.165, 1.54) is 10.8 Å². The molecule has 3 heteroatoms. The van der Waals surface area contributed by atoms with E-state index in [2.05, 4.69) is 28.5 Å². The first-order valence-electron chi connectivity index (χ1n) is 5.79. The molecule has 0 saturated heterocycles. The number of pyridine rings is 1. The Morgan fingerprint density at radius 2 is 1.72 bits per heavy atom. The number of hydrogen-bond acceptors (Lipinski definition) is 3. The van der Waals surface area contributed by atoms with E-state index in [0.717, 1.165) is 11.5 Å². The average Bonchev–Trinajstić information content (AvgIpc) is 2.42. The maximum absolute atomic E-state index is 5.62. The van der Waals surface area contributed by atoms with Gasteiger partial charge < -0.3 is 11.1 Å². The smallest absolute Gasteiger partial charge is 0.130 e. The lowest BCUT2D eigenvalue weighted by atomic mass is 10.1. The van der Waals surface area contributed by atoms with E-state index in [-0.39, 0.29) is 0 Å². The molecule has 0 fully saturated rings. The maximum Gasteiger partial charge on any atom is 0.130 e. The summed E-state index contributed by atoms with van der Waals surface area (Å²) in [6.45, 7) is 0. The van der Waals surface area contributed by atoms with Gasteiger partial charge in [-0.2, -0.15) is 0 Å². The lowest BCUT2D eigenvalue weighted by Crippen LogP contribution is -1.95. The molecule has 1 aromatic heterocycles. The van der Waals surface area contributed by atoms with Crippen molar-refractivity contribution in [1.29, 1.82) is 0 Å². The van der Waals surface area contributed by atoms with Gasteiger partial charge in [0.25, 0.3) is 0 Å². The molecule has 1 heterocycles. The van der Waals surface area contributed by atoms with Crippen molar-refractivity contribution in [2.75, 3.05) is 11.1 Å². The molecular formula is C15H13N3. The number of nitrogen functional groups attached to an aromatic ring is 1. The molecule has 0 aliphatic rings. The summed E-state index contributed by atoms with van der Waals surface area (Å²) in [6, 6.07) is 18.1. The third kappa shape index (κ3) is 1.98. The number of nitrogens with zero attached hydrogens (tertiary/aromatic N) is 1. The Labute approximate surface area is 105 Å². The third-order valence-electron chi connectivity index (χ3n) is 2.84. The summed E-state index contributed by atoms with van der Waals surface area (Å²) in [6.07, 6.45) is 1.65. The minimum Gasteiger partial charge on any atom is -0.397 e. The van der Waals surface area contributed by atoms with Crippen LogP contribution in [0.2, 0.25) is 0 Å². The molecule has 3 rings (SSSR count). The van der Waals surface area contributed by atoms with Crippen molar-refractivity contribution in [3.8, 4) is 0 Å². The molecule has 3 N–H and O–H groups in total. The van der Waals surface area contributed by atoms with Gasteiger partial charge in [0, 0.05) is 11.1 Å². The largest absolute Gasteiger partial charge is 0.397 e. The Hall–Kier alpha value is -2.55. The molecular weight excluding hydrogens is 222 g/mol. The predicted molar refractivity (Wildman–Crippen MR) is 75.9 cm³/mol. The van der Waals surface area contributed by atoms with Gasteiger partial charge in [0.15, 0.2) is 0 Å². The molecule has 0 bridgehead atoms. The number of hydrogen-bond donors (Lipinski definition) is 2. The van der Waals surface area contributed by atoms with Crippen LogP contribution in [0.25, 0.3) is 10.8 Å². The van der Waals surface area contributed by atoms with Crippen LogP contribution in [-0.2, 0) is 0 Å². The first kappa shape index (κ1) is 10.6. The molecule has 0 unspecified atom stereocenters. The molecule has 0 saturated carbocycles. The minimum absolute atomic E-state index is 0.665. The summed E-state index contributed by atoms with van der Waals surface area (Å²) < 4.78 is 0. The van der Waals surface area contributed by atoms with Crippen molar-refractivity contribution in [2.45, 2.75) is 0 Å². The zero-order chi connectivity index (χ0) is 12.4. The van der Waals surface area contributed by atoms with Crippen LogP contribution < -0.4 is 11.1 Å². The summed E-state index contributed by atoms with van der Waals surface area (Å²) in [5.41, 5.74) is 7.33. The Bertz CT molecular complexity index is 669. The fourth-order valence-corrected chi connectivity index (χ4v) is 1.95. The summed E-state index contributed by atoms with van der Waals surface area (Å²) in [4.78, 5) is 4.24. The highest BCUT2D eigenvalue weighted by Gasteiger charge is 2.00. The Morgan fingerprint density at radius 1 is 0.889 bits per heavy atom. The van der Waals surface area contributed by atoms with Gasteiger partial charge in [-0.25, -0.2) is 4.98 Å². The van der Waals surface area contributed by atoms with Crippen LogP contribution in [0.5, 0.6) is 0 Å². The topological polar surface area (TPSA) is 50.9 Å². The molecule has 3 aromatic rings. The number of anilines is 3. The number of benzene rings is 2. The van der Waals surface area contributed by atoms with Crippen LogP contribution >= 0.6 is 0 Å². The molecule has 0 radical (unpaired) electrons. The van der Waals surface area contributed by atoms with E-state index in [1.807, 2.05) is 36.4 Å². The quantitative estimate of drug-likeness (QED) is 0.714. The van der Waals surface area contributed by atoms with E-state index < -0.39 is 0 Å². The number of nitrogens with one attached hydrogen (secondary N) is 1. The van der Waals surface area contributed by atoms with Crippen LogP contribution in [0.15, 0.2) is 60.8 Å². The van der Waals surface area contributed by atoms with E-state index in [1.54, 1.807) is 6.20 Å². The van der Waals surface area contributed by atoms with Gasteiger partial charge in [-0.15, -0.1) is 0 Å². The van der Waals surface area contributed by atoms with Crippen molar-refractivity contribution in [2.24, 2.45) is 0 Å². The van der Waals surface area contributed by atoms with Crippen molar-refractivity contribution in [3.63, 3.8) is 0 Å². The summed E-state index contributed by atoms with van der Waals surface area (Å²) in [5, 5.41) is 5.69. The zero-order valence-corrected chi connectivity index (χ0v) is 9.80. The normalized spacial score (nSPS) is 10.4. The predicted octanol–water partition coefficient (Wildman–Crippen LogP) is 3.56. The van der Waals surface area contributed by atoms with E-state index in [9.17, 15) is 0 Å². The summed E-state index contributed by atoms with van der Waals surface area (Å²) in [7, 11) is 0. The molecule has 2 aromatic carbocycles. The Kier molecular flexibility index (Phi) is 2.57. The molecule has 18 heavy (non-hydrogen) atoms. The lowest BCUT2D eigenvalue weighted by Gasteiger charge is -2.09. The minimum atomic E-state index is 0.665. The Morgan fingerprint density at radius 3 is 2.56 bits per heavy atom. The van der Waals surface area contributed by atoms with E-state index >= 15 is 0 Å². The van der Waals surface area contributed by atoms with E-state index in [0.29, 0.717) is 5.69 Å². The number of nitrogens with two attached hydrogens (primary N) is 1. The molecule has 0 amide bonds. The van der Waals surface area contributed by atoms with Crippen molar-refractivity contribution in [3.05, 3.63) is 60.8 Å². The van der Waals surface area contributed by atoms with Gasteiger partial charge in [-0.1, -0.05) is 36.4 Å². The molecule has 0 atom stereocenters. The second kappa shape index (κ2) is 4.37. The second-order valence-electron chi connectivity index (χ2n) is 4.13. The van der Waals surface area contributed by atoms with Gasteiger partial charge in [0.2, 0.25) is 0 Å². The number of rotatable bonds is 2. The highest BCUT2D eigenvalue weighted by molar-refractivity contribution is 5.95. The van der Waals surface area contributed by atoms with Crippen molar-refractivity contribution >= 4 is 28.0 Å². The fraction of sp³-hybridized carbons (Fsp3) is 0. The van der Waals surface area contributed by atoms with Crippen LogP contribution in [0.4, 0.5) is 17.2 Å². The number of fused-ring (bicyclic) bond motifs is 1. The summed E-state index contributed by atoms with van der Waals surface area (Å²) in [5.74, 6) is 0.792. The number of aromatic nitrogens is 1. The lowest BCUT2D eigenvalue weighted by molar-refractivity contribution is 1.31. The highest BCUT2D eigenvalue weighted by atomic mass is 15.0. The SMILES string of the molecule is Nc1ccc(Nc2cccc3ccccc23)nc1.